The number of aliphatic hydroxyl groups is 1. The average molecular weight is 365 g/mol. The van der Waals surface area contributed by atoms with E-state index in [-0.39, 0.29) is 6.61 Å². The number of hydrogen-bond acceptors (Lipinski definition) is 6. The van der Waals surface area contributed by atoms with Crippen LogP contribution in [-0.2, 0) is 22.6 Å². The first-order valence-corrected chi connectivity index (χ1v) is 8.06. The molecule has 2 aromatic rings. The van der Waals surface area contributed by atoms with Crippen LogP contribution in [-0.4, -0.2) is 58.1 Å². The summed E-state index contributed by atoms with van der Waals surface area (Å²) < 4.78 is 25.0. The van der Waals surface area contributed by atoms with Gasteiger partial charge in [0.25, 0.3) is 0 Å². The number of aliphatic hydroxyl groups excluding tert-OH is 1. The Kier molecular flexibility index (Phi) is 5.76. The number of nitrogens with one attached hydrogen (secondary N) is 2. The van der Waals surface area contributed by atoms with Crippen molar-refractivity contribution in [2.45, 2.75) is 31.4 Å². The molecule has 9 nitrogen and oxygen atoms in total. The molecule has 26 heavy (non-hydrogen) atoms. The van der Waals surface area contributed by atoms with Crippen LogP contribution in [0.4, 0.5) is 14.9 Å². The predicted molar refractivity (Wildman–Crippen MR) is 88.8 cm³/mol. The second-order valence-electron chi connectivity index (χ2n) is 5.94. The predicted octanol–water partition coefficient (Wildman–Crippen LogP) is 0.514. The van der Waals surface area contributed by atoms with Crippen LogP contribution in [0.15, 0.2) is 30.5 Å². The summed E-state index contributed by atoms with van der Waals surface area (Å²) in [5.41, 5.74) is 1.11. The number of urea groups is 1. The highest BCUT2D eigenvalue weighted by atomic mass is 19.1. The molecule has 1 aliphatic rings. The molecule has 1 saturated heterocycles. The van der Waals surface area contributed by atoms with E-state index in [0.29, 0.717) is 24.5 Å². The van der Waals surface area contributed by atoms with Crippen molar-refractivity contribution in [2.75, 3.05) is 19.0 Å². The number of hydrogen-bond donors (Lipinski definition) is 3. The van der Waals surface area contributed by atoms with E-state index in [9.17, 15) is 14.3 Å². The molecule has 3 N–H and O–H groups in total. The SMILES string of the molecule is COCc1cn(C[C@H]2OC[C@H](O)[C@H]2NC(=O)Nc2ccc(F)cc2)nn1. The number of methoxy groups -OCH3 is 1. The Morgan fingerprint density at radius 2 is 2.23 bits per heavy atom. The van der Waals surface area contributed by atoms with Gasteiger partial charge in [0.1, 0.15) is 23.7 Å². The van der Waals surface area contributed by atoms with Crippen molar-refractivity contribution in [3.63, 3.8) is 0 Å². The van der Waals surface area contributed by atoms with Crippen molar-refractivity contribution in [3.8, 4) is 0 Å². The van der Waals surface area contributed by atoms with Gasteiger partial charge in [0, 0.05) is 12.8 Å². The maximum Gasteiger partial charge on any atom is 0.319 e. The Morgan fingerprint density at radius 1 is 1.46 bits per heavy atom. The summed E-state index contributed by atoms with van der Waals surface area (Å²) >= 11 is 0. The minimum Gasteiger partial charge on any atom is -0.388 e. The number of halogens is 1. The monoisotopic (exact) mass is 365 g/mol. The van der Waals surface area contributed by atoms with Gasteiger partial charge in [-0.15, -0.1) is 5.10 Å². The second-order valence-corrected chi connectivity index (χ2v) is 5.94. The zero-order valence-electron chi connectivity index (χ0n) is 14.1. The smallest absolute Gasteiger partial charge is 0.319 e. The number of rotatable bonds is 6. The number of carbonyl (C=O) groups excluding carboxylic acids is 1. The first-order valence-electron chi connectivity index (χ1n) is 8.06. The van der Waals surface area contributed by atoms with Gasteiger partial charge in [-0.25, -0.2) is 13.9 Å². The number of nitrogens with zero attached hydrogens (tertiary/aromatic N) is 3. The molecule has 0 saturated carbocycles. The fourth-order valence-electron chi connectivity index (χ4n) is 2.71. The molecule has 10 heteroatoms. The molecule has 140 valence electrons. The van der Waals surface area contributed by atoms with E-state index in [4.69, 9.17) is 9.47 Å². The topological polar surface area (TPSA) is 111 Å². The summed E-state index contributed by atoms with van der Waals surface area (Å²) in [4.78, 5) is 12.2. The van der Waals surface area contributed by atoms with E-state index in [1.54, 1.807) is 18.0 Å². The maximum atomic E-state index is 12.9. The molecule has 0 aliphatic carbocycles. The Morgan fingerprint density at radius 3 is 2.96 bits per heavy atom. The summed E-state index contributed by atoms with van der Waals surface area (Å²) in [6.07, 6.45) is 0.398. The Bertz CT molecular complexity index is 738. The molecule has 3 rings (SSSR count). The lowest BCUT2D eigenvalue weighted by Gasteiger charge is -2.21. The summed E-state index contributed by atoms with van der Waals surface area (Å²) in [7, 11) is 1.56. The number of benzene rings is 1. The summed E-state index contributed by atoms with van der Waals surface area (Å²) in [5, 5.41) is 23.3. The van der Waals surface area contributed by atoms with Crippen molar-refractivity contribution < 1.29 is 23.8 Å². The number of carbonyl (C=O) groups is 1. The number of amides is 2. The van der Waals surface area contributed by atoms with Crippen LogP contribution in [0.2, 0.25) is 0 Å². The molecule has 0 unspecified atom stereocenters. The molecule has 1 aromatic heterocycles. The normalized spacial score (nSPS) is 22.3. The Labute approximate surface area is 149 Å². The molecular weight excluding hydrogens is 345 g/mol. The minimum absolute atomic E-state index is 0.103. The number of aromatic nitrogens is 3. The van der Waals surface area contributed by atoms with Crippen molar-refractivity contribution in [1.29, 1.82) is 0 Å². The minimum atomic E-state index is -0.846. The number of anilines is 1. The number of ether oxygens (including phenoxy) is 2. The molecule has 0 radical (unpaired) electrons. The van der Waals surface area contributed by atoms with Gasteiger partial charge in [-0.1, -0.05) is 5.21 Å². The van der Waals surface area contributed by atoms with Gasteiger partial charge >= 0.3 is 6.03 Å². The highest BCUT2D eigenvalue weighted by Gasteiger charge is 2.37. The van der Waals surface area contributed by atoms with E-state index in [1.807, 2.05) is 0 Å². The third kappa shape index (κ3) is 4.54. The quantitative estimate of drug-likeness (QED) is 0.688. The van der Waals surface area contributed by atoms with Crippen molar-refractivity contribution >= 4 is 11.7 Å². The molecule has 0 spiro atoms. The van der Waals surface area contributed by atoms with E-state index in [0.717, 1.165) is 0 Å². The van der Waals surface area contributed by atoms with E-state index in [1.165, 1.54) is 24.3 Å². The fraction of sp³-hybridized carbons (Fsp3) is 0.438. The van der Waals surface area contributed by atoms with Gasteiger partial charge < -0.3 is 25.2 Å². The zero-order chi connectivity index (χ0) is 18.5. The van der Waals surface area contributed by atoms with Gasteiger partial charge in [0.2, 0.25) is 0 Å². The first kappa shape index (κ1) is 18.2. The fourth-order valence-corrected chi connectivity index (χ4v) is 2.71. The zero-order valence-corrected chi connectivity index (χ0v) is 14.1. The van der Waals surface area contributed by atoms with Crippen LogP contribution in [0.5, 0.6) is 0 Å². The molecule has 2 amide bonds. The van der Waals surface area contributed by atoms with Crippen LogP contribution < -0.4 is 10.6 Å². The third-order valence-corrected chi connectivity index (χ3v) is 3.94. The summed E-state index contributed by atoms with van der Waals surface area (Å²) in [5.74, 6) is -0.392. The van der Waals surface area contributed by atoms with Gasteiger partial charge in [-0.2, -0.15) is 0 Å². The Hall–Kier alpha value is -2.56. The summed E-state index contributed by atoms with van der Waals surface area (Å²) in [6.45, 7) is 0.761. The second kappa shape index (κ2) is 8.21. The van der Waals surface area contributed by atoms with Gasteiger partial charge in [0.15, 0.2) is 0 Å². The van der Waals surface area contributed by atoms with Crippen molar-refractivity contribution in [2.24, 2.45) is 0 Å². The van der Waals surface area contributed by atoms with E-state index < -0.39 is 30.1 Å². The van der Waals surface area contributed by atoms with Crippen LogP contribution in [0.25, 0.3) is 0 Å². The van der Waals surface area contributed by atoms with Crippen molar-refractivity contribution in [3.05, 3.63) is 42.0 Å². The lowest BCUT2D eigenvalue weighted by atomic mass is 10.1. The molecular formula is C16H20FN5O4. The third-order valence-electron chi connectivity index (χ3n) is 3.94. The maximum absolute atomic E-state index is 12.9. The van der Waals surface area contributed by atoms with E-state index >= 15 is 0 Å². The standard InChI is InChI=1S/C16H20FN5O4/c1-25-8-12-6-22(21-20-12)7-14-15(13(23)9-26-14)19-16(24)18-11-4-2-10(17)3-5-11/h2-6,13-15,23H,7-9H2,1H3,(H2,18,19,24)/t13-,14+,15+/m0/s1. The molecule has 1 fully saturated rings. The lowest BCUT2D eigenvalue weighted by molar-refractivity contribution is 0.0748. The molecule has 0 bridgehead atoms. The molecule has 3 atom stereocenters. The van der Waals surface area contributed by atoms with Crippen LogP contribution in [0.1, 0.15) is 5.69 Å². The first-order chi connectivity index (χ1) is 12.5. The van der Waals surface area contributed by atoms with Crippen LogP contribution >= 0.6 is 0 Å². The van der Waals surface area contributed by atoms with Gasteiger partial charge in [0.05, 0.1) is 32.0 Å². The molecule has 1 aromatic carbocycles. The van der Waals surface area contributed by atoms with Crippen LogP contribution in [0.3, 0.4) is 0 Å². The van der Waals surface area contributed by atoms with Gasteiger partial charge in [-0.05, 0) is 24.3 Å². The Balaban J connectivity index is 1.58. The molecule has 1 aliphatic heterocycles. The largest absolute Gasteiger partial charge is 0.388 e. The highest BCUT2D eigenvalue weighted by Crippen LogP contribution is 2.17. The van der Waals surface area contributed by atoms with E-state index in [2.05, 4.69) is 20.9 Å². The average Bonchev–Trinajstić information content (AvgIpc) is 3.19. The van der Waals surface area contributed by atoms with Gasteiger partial charge in [-0.3, -0.25) is 0 Å². The van der Waals surface area contributed by atoms with Crippen LogP contribution in [0, 0.1) is 5.82 Å². The summed E-state index contributed by atoms with van der Waals surface area (Å²) in [6, 6.07) is 4.24. The van der Waals surface area contributed by atoms with Crippen molar-refractivity contribution in [1.82, 2.24) is 20.3 Å². The highest BCUT2D eigenvalue weighted by molar-refractivity contribution is 5.89. The molecule has 2 heterocycles. The lowest BCUT2D eigenvalue weighted by Crippen LogP contribution is -2.49.